The maximum absolute atomic E-state index is 12.1. The molecule has 1 aliphatic rings. The second kappa shape index (κ2) is 4.40. The van der Waals surface area contributed by atoms with E-state index < -0.39 is 0 Å². The van der Waals surface area contributed by atoms with E-state index in [4.69, 9.17) is 5.73 Å². The summed E-state index contributed by atoms with van der Waals surface area (Å²) < 4.78 is 0. The number of nitrogens with two attached hydrogens (primary N) is 1. The third kappa shape index (κ3) is 2.14. The van der Waals surface area contributed by atoms with Gasteiger partial charge < -0.3 is 10.6 Å². The van der Waals surface area contributed by atoms with E-state index in [1.807, 2.05) is 25.2 Å². The van der Waals surface area contributed by atoms with Crippen molar-refractivity contribution in [3.8, 4) is 0 Å². The van der Waals surface area contributed by atoms with Crippen molar-refractivity contribution in [2.24, 2.45) is 5.92 Å². The van der Waals surface area contributed by atoms with Gasteiger partial charge in [-0.1, -0.05) is 26.0 Å². The molecule has 0 spiro atoms. The van der Waals surface area contributed by atoms with Gasteiger partial charge in [0.2, 0.25) is 0 Å². The van der Waals surface area contributed by atoms with Gasteiger partial charge in [0.25, 0.3) is 5.91 Å². The van der Waals surface area contributed by atoms with Crippen LogP contribution in [0.15, 0.2) is 18.2 Å². The number of hydrogen-bond donors (Lipinski definition) is 1. The molecule has 3 heteroatoms. The zero-order valence-electron chi connectivity index (χ0n) is 10.7. The molecule has 92 valence electrons. The first-order valence-electron chi connectivity index (χ1n) is 6.14. The first-order chi connectivity index (χ1) is 8.00. The van der Waals surface area contributed by atoms with Crippen LogP contribution in [-0.2, 0) is 0 Å². The number of hydrogen-bond acceptors (Lipinski definition) is 2. The third-order valence-corrected chi connectivity index (χ3v) is 3.38. The van der Waals surface area contributed by atoms with Gasteiger partial charge in [0.15, 0.2) is 0 Å². The maximum Gasteiger partial charge on any atom is 0.255 e. The van der Waals surface area contributed by atoms with E-state index in [1.165, 1.54) is 0 Å². The summed E-state index contributed by atoms with van der Waals surface area (Å²) in [7, 11) is 1.85. The quantitative estimate of drug-likeness (QED) is 0.796. The number of likely N-dealkylation sites (N-methyl/N-ethyl adjacent to an activating group) is 1. The number of fused-ring (bicyclic) bond motifs is 1. The molecule has 2 rings (SSSR count). The SMILES string of the molecule is CC(C)CC1CN(C)C(=O)c2c(N)cccc21. The van der Waals surface area contributed by atoms with Crippen LogP contribution >= 0.6 is 0 Å². The lowest BCUT2D eigenvalue weighted by Crippen LogP contribution is -2.37. The number of carbonyl (C=O) groups excluding carboxylic acids is 1. The molecule has 0 aliphatic carbocycles. The fourth-order valence-electron chi connectivity index (χ4n) is 2.65. The van der Waals surface area contributed by atoms with Crippen LogP contribution in [-0.4, -0.2) is 24.4 Å². The van der Waals surface area contributed by atoms with Crippen molar-refractivity contribution < 1.29 is 4.79 Å². The summed E-state index contributed by atoms with van der Waals surface area (Å²) in [6, 6.07) is 5.80. The Bertz CT molecular complexity index is 440. The summed E-state index contributed by atoms with van der Waals surface area (Å²) >= 11 is 0. The molecule has 0 radical (unpaired) electrons. The highest BCUT2D eigenvalue weighted by atomic mass is 16.2. The van der Waals surface area contributed by atoms with Gasteiger partial charge in [0.05, 0.1) is 5.56 Å². The fraction of sp³-hybridized carbons (Fsp3) is 0.500. The number of benzene rings is 1. The summed E-state index contributed by atoms with van der Waals surface area (Å²) in [4.78, 5) is 13.9. The molecular weight excluding hydrogens is 212 g/mol. The maximum atomic E-state index is 12.1. The lowest BCUT2D eigenvalue weighted by atomic mass is 9.83. The number of amides is 1. The van der Waals surface area contributed by atoms with Gasteiger partial charge in [0, 0.05) is 25.2 Å². The Morgan fingerprint density at radius 2 is 2.18 bits per heavy atom. The van der Waals surface area contributed by atoms with Gasteiger partial charge in [-0.3, -0.25) is 4.79 Å². The highest BCUT2D eigenvalue weighted by molar-refractivity contribution is 6.01. The zero-order valence-corrected chi connectivity index (χ0v) is 10.7. The normalized spacial score (nSPS) is 19.6. The molecule has 1 aromatic carbocycles. The summed E-state index contributed by atoms with van der Waals surface area (Å²) in [6.07, 6.45) is 1.09. The van der Waals surface area contributed by atoms with Crippen molar-refractivity contribution in [3.05, 3.63) is 29.3 Å². The van der Waals surface area contributed by atoms with Gasteiger partial charge in [-0.05, 0) is 24.0 Å². The molecule has 0 saturated carbocycles. The Balaban J connectivity index is 2.46. The highest BCUT2D eigenvalue weighted by Crippen LogP contribution is 2.34. The van der Waals surface area contributed by atoms with Crippen molar-refractivity contribution in [2.45, 2.75) is 26.2 Å². The summed E-state index contributed by atoms with van der Waals surface area (Å²) in [5.74, 6) is 1.09. The van der Waals surface area contributed by atoms with Gasteiger partial charge in [0.1, 0.15) is 0 Å². The molecule has 1 atom stereocenters. The molecule has 3 nitrogen and oxygen atoms in total. The largest absolute Gasteiger partial charge is 0.398 e. The summed E-state index contributed by atoms with van der Waals surface area (Å²) in [6.45, 7) is 5.22. The van der Waals surface area contributed by atoms with Gasteiger partial charge in [-0.2, -0.15) is 0 Å². The molecule has 17 heavy (non-hydrogen) atoms. The van der Waals surface area contributed by atoms with Gasteiger partial charge in [-0.25, -0.2) is 0 Å². The monoisotopic (exact) mass is 232 g/mol. The molecular formula is C14H20N2O. The second-order valence-electron chi connectivity index (χ2n) is 5.32. The smallest absolute Gasteiger partial charge is 0.255 e. The van der Waals surface area contributed by atoms with Crippen molar-refractivity contribution >= 4 is 11.6 Å². The molecule has 0 aromatic heterocycles. The Morgan fingerprint density at radius 3 is 2.82 bits per heavy atom. The number of nitrogen functional groups attached to an aromatic ring is 1. The Kier molecular flexibility index (Phi) is 3.09. The molecule has 0 saturated heterocycles. The summed E-state index contributed by atoms with van der Waals surface area (Å²) in [5, 5.41) is 0. The highest BCUT2D eigenvalue weighted by Gasteiger charge is 2.30. The van der Waals surface area contributed by atoms with Crippen molar-refractivity contribution in [1.82, 2.24) is 4.90 Å². The molecule has 0 fully saturated rings. The lowest BCUT2D eigenvalue weighted by molar-refractivity contribution is 0.0761. The van der Waals surface area contributed by atoms with Crippen LogP contribution in [0.1, 0.15) is 42.1 Å². The van der Waals surface area contributed by atoms with E-state index in [2.05, 4.69) is 13.8 Å². The molecule has 2 N–H and O–H groups in total. The van der Waals surface area contributed by atoms with Gasteiger partial charge in [-0.15, -0.1) is 0 Å². The van der Waals surface area contributed by atoms with Crippen LogP contribution in [0.4, 0.5) is 5.69 Å². The molecule has 1 heterocycles. The van der Waals surface area contributed by atoms with E-state index in [1.54, 1.807) is 4.90 Å². The number of anilines is 1. The minimum absolute atomic E-state index is 0.0538. The number of rotatable bonds is 2. The van der Waals surface area contributed by atoms with E-state index in [0.29, 0.717) is 23.1 Å². The fourth-order valence-corrected chi connectivity index (χ4v) is 2.65. The van der Waals surface area contributed by atoms with Crippen LogP contribution in [0.25, 0.3) is 0 Å². The van der Waals surface area contributed by atoms with Crippen molar-refractivity contribution in [1.29, 1.82) is 0 Å². The average molecular weight is 232 g/mol. The van der Waals surface area contributed by atoms with Crippen LogP contribution in [0.3, 0.4) is 0 Å². The average Bonchev–Trinajstić information content (AvgIpc) is 2.24. The van der Waals surface area contributed by atoms with E-state index in [0.717, 1.165) is 18.5 Å². The molecule has 0 bridgehead atoms. The number of carbonyl (C=O) groups is 1. The predicted molar refractivity (Wildman–Crippen MR) is 70.0 cm³/mol. The first kappa shape index (κ1) is 12.0. The predicted octanol–water partition coefficient (Wildman–Crippen LogP) is 2.48. The molecule has 1 amide bonds. The standard InChI is InChI=1S/C14H20N2O/c1-9(2)7-10-8-16(3)14(17)13-11(10)5-4-6-12(13)15/h4-6,9-10H,7-8,15H2,1-3H3. The van der Waals surface area contributed by atoms with Crippen LogP contribution in [0, 0.1) is 5.92 Å². The topological polar surface area (TPSA) is 46.3 Å². The lowest BCUT2D eigenvalue weighted by Gasteiger charge is -2.33. The summed E-state index contributed by atoms with van der Waals surface area (Å²) in [5.41, 5.74) is 8.39. The minimum Gasteiger partial charge on any atom is -0.398 e. The van der Waals surface area contributed by atoms with E-state index in [-0.39, 0.29) is 5.91 Å². The number of nitrogens with zero attached hydrogens (tertiary/aromatic N) is 1. The van der Waals surface area contributed by atoms with Crippen LogP contribution in [0.2, 0.25) is 0 Å². The van der Waals surface area contributed by atoms with Crippen LogP contribution < -0.4 is 5.73 Å². The zero-order chi connectivity index (χ0) is 12.6. The van der Waals surface area contributed by atoms with Crippen molar-refractivity contribution in [3.63, 3.8) is 0 Å². The minimum atomic E-state index is 0.0538. The Morgan fingerprint density at radius 1 is 1.47 bits per heavy atom. The Hall–Kier alpha value is -1.51. The molecule has 1 aromatic rings. The van der Waals surface area contributed by atoms with Crippen LogP contribution in [0.5, 0.6) is 0 Å². The van der Waals surface area contributed by atoms with Crippen molar-refractivity contribution in [2.75, 3.05) is 19.3 Å². The molecule has 1 aliphatic heterocycles. The second-order valence-corrected chi connectivity index (χ2v) is 5.32. The molecule has 1 unspecified atom stereocenters. The Labute approximate surface area is 103 Å². The van der Waals surface area contributed by atoms with E-state index in [9.17, 15) is 4.79 Å². The third-order valence-electron chi connectivity index (χ3n) is 3.38. The first-order valence-corrected chi connectivity index (χ1v) is 6.14. The van der Waals surface area contributed by atoms with Gasteiger partial charge >= 0.3 is 0 Å². The van der Waals surface area contributed by atoms with E-state index >= 15 is 0 Å².